The summed E-state index contributed by atoms with van der Waals surface area (Å²) in [5, 5.41) is 25.3. The Morgan fingerprint density at radius 1 is 1.00 bits per heavy atom. The van der Waals surface area contributed by atoms with Crippen molar-refractivity contribution in [3.8, 4) is 11.5 Å². The van der Waals surface area contributed by atoms with Crippen molar-refractivity contribution in [3.63, 3.8) is 0 Å². The first-order valence-corrected chi connectivity index (χ1v) is 8.11. The van der Waals surface area contributed by atoms with Gasteiger partial charge in [-0.2, -0.15) is 0 Å². The molecule has 0 amide bonds. The summed E-state index contributed by atoms with van der Waals surface area (Å²) in [7, 11) is 1.56. The van der Waals surface area contributed by atoms with E-state index >= 15 is 0 Å². The number of hydrogen-bond donors (Lipinski definition) is 3. The molecule has 3 aromatic carbocycles. The van der Waals surface area contributed by atoms with Crippen LogP contribution >= 0.6 is 0 Å². The molecule has 3 N–H and O–H groups in total. The van der Waals surface area contributed by atoms with Gasteiger partial charge < -0.3 is 20.3 Å². The Bertz CT molecular complexity index is 1110. The number of hydrogen-bond acceptors (Lipinski definition) is 6. The van der Waals surface area contributed by atoms with Crippen LogP contribution in [0.5, 0.6) is 11.5 Å². The van der Waals surface area contributed by atoms with Crippen LogP contribution in [-0.4, -0.2) is 27.3 Å². The molecule has 6 nitrogen and oxygen atoms in total. The van der Waals surface area contributed by atoms with Crippen molar-refractivity contribution >= 4 is 33.2 Å². The number of anilines is 2. The molecule has 1 heterocycles. The third-order valence-electron chi connectivity index (χ3n) is 4.36. The van der Waals surface area contributed by atoms with Gasteiger partial charge in [-0.05, 0) is 24.3 Å². The van der Waals surface area contributed by atoms with Gasteiger partial charge in [0.05, 0.1) is 19.2 Å². The first-order chi connectivity index (χ1) is 12.7. The second-order valence-corrected chi connectivity index (χ2v) is 5.86. The number of nitrogens with zero attached hydrogens (tertiary/aromatic N) is 2. The Morgan fingerprint density at radius 2 is 1.81 bits per heavy atom. The van der Waals surface area contributed by atoms with Crippen LogP contribution in [0.25, 0.3) is 21.7 Å². The number of aliphatic hydroxyl groups excluding tert-OH is 1. The second-order valence-electron chi connectivity index (χ2n) is 5.86. The lowest BCUT2D eigenvalue weighted by Crippen LogP contribution is -1.99. The monoisotopic (exact) mass is 347 g/mol. The summed E-state index contributed by atoms with van der Waals surface area (Å²) in [6.45, 7) is -0.130. The molecule has 4 rings (SSSR count). The zero-order valence-electron chi connectivity index (χ0n) is 14.1. The number of phenols is 1. The lowest BCUT2D eigenvalue weighted by atomic mass is 10.1. The van der Waals surface area contributed by atoms with Gasteiger partial charge in [0.1, 0.15) is 23.6 Å². The number of aromatic nitrogens is 2. The van der Waals surface area contributed by atoms with E-state index in [1.165, 1.54) is 6.33 Å². The lowest BCUT2D eigenvalue weighted by molar-refractivity contribution is 0.274. The molecule has 0 bridgehead atoms. The normalized spacial score (nSPS) is 11.0. The fraction of sp³-hybridized carbons (Fsp3) is 0.100. The molecule has 0 atom stereocenters. The van der Waals surface area contributed by atoms with E-state index in [-0.39, 0.29) is 12.4 Å². The summed E-state index contributed by atoms with van der Waals surface area (Å²) in [5.74, 6) is 1.43. The predicted octanol–water partition coefficient (Wildman–Crippen LogP) is 3.73. The highest BCUT2D eigenvalue weighted by Gasteiger charge is 2.12. The number of aromatic hydroxyl groups is 1. The van der Waals surface area contributed by atoms with Crippen LogP contribution in [0.2, 0.25) is 0 Å². The quantitative estimate of drug-likeness (QED) is 0.488. The highest BCUT2D eigenvalue weighted by molar-refractivity contribution is 6.01. The van der Waals surface area contributed by atoms with E-state index in [1.54, 1.807) is 19.2 Å². The van der Waals surface area contributed by atoms with Crippen LogP contribution in [0.4, 0.5) is 11.5 Å². The predicted molar refractivity (Wildman–Crippen MR) is 101 cm³/mol. The molecule has 130 valence electrons. The molecule has 0 radical (unpaired) electrons. The molecule has 0 fully saturated rings. The van der Waals surface area contributed by atoms with Gasteiger partial charge >= 0.3 is 0 Å². The van der Waals surface area contributed by atoms with Gasteiger partial charge in [0, 0.05) is 27.4 Å². The summed E-state index contributed by atoms with van der Waals surface area (Å²) in [5.41, 5.74) is 2.19. The largest absolute Gasteiger partial charge is 0.507 e. The number of benzene rings is 3. The smallest absolute Gasteiger partial charge is 0.141 e. The van der Waals surface area contributed by atoms with Crippen molar-refractivity contribution in [2.45, 2.75) is 6.61 Å². The van der Waals surface area contributed by atoms with E-state index < -0.39 is 0 Å². The maximum Gasteiger partial charge on any atom is 0.141 e. The van der Waals surface area contributed by atoms with Gasteiger partial charge in [-0.3, -0.25) is 0 Å². The van der Waals surface area contributed by atoms with Crippen molar-refractivity contribution in [3.05, 3.63) is 60.4 Å². The number of nitrogens with one attached hydrogen (secondary N) is 1. The van der Waals surface area contributed by atoms with Crippen molar-refractivity contribution in [1.82, 2.24) is 9.97 Å². The van der Waals surface area contributed by atoms with Gasteiger partial charge in [0.25, 0.3) is 0 Å². The van der Waals surface area contributed by atoms with Crippen molar-refractivity contribution in [1.29, 1.82) is 0 Å². The standard InChI is InChI=1S/C20H17N3O3/c1-26-19-9-15-17(8-12(19)10-24)21-11-22-20(15)23-16-6-7-18(25)14-5-3-2-4-13(14)16/h2-9,11,24-25H,10H2,1H3,(H,21,22,23). The summed E-state index contributed by atoms with van der Waals surface area (Å²) < 4.78 is 5.36. The van der Waals surface area contributed by atoms with E-state index in [9.17, 15) is 10.2 Å². The van der Waals surface area contributed by atoms with Crippen molar-refractivity contribution < 1.29 is 14.9 Å². The Morgan fingerprint density at radius 3 is 2.58 bits per heavy atom. The van der Waals surface area contributed by atoms with E-state index in [0.29, 0.717) is 22.6 Å². The average Bonchev–Trinajstić information content (AvgIpc) is 2.69. The molecule has 0 aliphatic carbocycles. The van der Waals surface area contributed by atoms with Crippen LogP contribution in [-0.2, 0) is 6.61 Å². The molecule has 1 aromatic heterocycles. The fourth-order valence-electron chi connectivity index (χ4n) is 3.06. The highest BCUT2D eigenvalue weighted by Crippen LogP contribution is 2.34. The van der Waals surface area contributed by atoms with Crippen LogP contribution in [0.15, 0.2) is 54.9 Å². The summed E-state index contributed by atoms with van der Waals surface area (Å²) in [6, 6.07) is 14.7. The number of ether oxygens (including phenoxy) is 1. The molecule has 0 saturated carbocycles. The molecule has 0 aliphatic heterocycles. The van der Waals surface area contributed by atoms with Crippen molar-refractivity contribution in [2.24, 2.45) is 0 Å². The molecular formula is C20H17N3O3. The summed E-state index contributed by atoms with van der Waals surface area (Å²) in [4.78, 5) is 8.65. The first-order valence-electron chi connectivity index (χ1n) is 8.11. The van der Waals surface area contributed by atoms with Crippen LogP contribution in [0.3, 0.4) is 0 Å². The number of rotatable bonds is 4. The van der Waals surface area contributed by atoms with Crippen LogP contribution < -0.4 is 10.1 Å². The third kappa shape index (κ3) is 2.66. The number of fused-ring (bicyclic) bond motifs is 2. The molecule has 0 spiro atoms. The third-order valence-corrected chi connectivity index (χ3v) is 4.36. The van der Waals surface area contributed by atoms with Gasteiger partial charge in [-0.1, -0.05) is 24.3 Å². The fourth-order valence-corrected chi connectivity index (χ4v) is 3.06. The first kappa shape index (κ1) is 16.1. The van der Waals surface area contributed by atoms with E-state index in [4.69, 9.17) is 4.74 Å². The van der Waals surface area contributed by atoms with E-state index in [2.05, 4.69) is 15.3 Å². The van der Waals surface area contributed by atoms with Crippen LogP contribution in [0, 0.1) is 0 Å². The number of methoxy groups -OCH3 is 1. The molecule has 6 heteroatoms. The molecule has 0 aliphatic rings. The number of aliphatic hydroxyl groups is 1. The molecule has 26 heavy (non-hydrogen) atoms. The van der Waals surface area contributed by atoms with Crippen LogP contribution in [0.1, 0.15) is 5.56 Å². The minimum Gasteiger partial charge on any atom is -0.507 e. The van der Waals surface area contributed by atoms with Crippen molar-refractivity contribution in [2.75, 3.05) is 12.4 Å². The minimum atomic E-state index is -0.130. The molecule has 4 aromatic rings. The maximum absolute atomic E-state index is 10.1. The van der Waals surface area contributed by atoms with Gasteiger partial charge in [0.2, 0.25) is 0 Å². The zero-order valence-corrected chi connectivity index (χ0v) is 14.1. The van der Waals surface area contributed by atoms with E-state index in [0.717, 1.165) is 21.8 Å². The summed E-state index contributed by atoms with van der Waals surface area (Å²) >= 11 is 0. The lowest BCUT2D eigenvalue weighted by Gasteiger charge is -2.13. The molecular weight excluding hydrogens is 330 g/mol. The minimum absolute atomic E-state index is 0.130. The summed E-state index contributed by atoms with van der Waals surface area (Å²) in [6.07, 6.45) is 1.47. The Hall–Kier alpha value is -3.38. The maximum atomic E-state index is 10.1. The van der Waals surface area contributed by atoms with Gasteiger partial charge in [-0.25, -0.2) is 9.97 Å². The highest BCUT2D eigenvalue weighted by atomic mass is 16.5. The molecule has 0 saturated heterocycles. The zero-order chi connectivity index (χ0) is 18.1. The Kier molecular flexibility index (Phi) is 4.02. The Balaban J connectivity index is 1.87. The van der Waals surface area contributed by atoms with E-state index in [1.807, 2.05) is 36.4 Å². The van der Waals surface area contributed by atoms with Gasteiger partial charge in [0.15, 0.2) is 0 Å². The number of phenolic OH excluding ortho intramolecular Hbond substituents is 1. The van der Waals surface area contributed by atoms with Gasteiger partial charge in [-0.15, -0.1) is 0 Å². The Labute approximate surface area is 149 Å². The second kappa shape index (κ2) is 6.50. The topological polar surface area (TPSA) is 87.5 Å². The average molecular weight is 347 g/mol. The SMILES string of the molecule is COc1cc2c(Nc3ccc(O)c4ccccc34)ncnc2cc1CO. The molecule has 0 unspecified atom stereocenters.